The van der Waals surface area contributed by atoms with Crippen LogP contribution >= 0.6 is 0 Å². The Kier molecular flexibility index (Phi) is 9.57. The Morgan fingerprint density at radius 3 is 2.32 bits per heavy atom. The second kappa shape index (κ2) is 12.8. The highest BCUT2D eigenvalue weighted by Gasteiger charge is 2.32. The fraction of sp³-hybridized carbons (Fsp3) is 0.400. The molecule has 0 saturated heterocycles. The highest BCUT2D eigenvalue weighted by atomic mass is 16.4. The first kappa shape index (κ1) is 28.3. The molecule has 1 aromatic carbocycles. The molecule has 0 spiro atoms. The topological polar surface area (TPSA) is 215 Å². The van der Waals surface area contributed by atoms with Gasteiger partial charge in [0.2, 0.25) is 17.7 Å². The van der Waals surface area contributed by atoms with Crippen molar-refractivity contribution in [1.29, 1.82) is 0 Å². The summed E-state index contributed by atoms with van der Waals surface area (Å²) < 4.78 is 0. The number of fused-ring (bicyclic) bond motifs is 1. The second-order valence-electron chi connectivity index (χ2n) is 9.32. The van der Waals surface area contributed by atoms with Gasteiger partial charge < -0.3 is 41.9 Å². The van der Waals surface area contributed by atoms with Crippen LogP contribution in [0, 0.1) is 5.92 Å². The van der Waals surface area contributed by atoms with Crippen LogP contribution in [0.25, 0.3) is 10.9 Å². The Balaban J connectivity index is 1.70. The number of aliphatic hydroxyl groups excluding tert-OH is 1. The number of nitrogens with one attached hydrogen (secondary N) is 5. The van der Waals surface area contributed by atoms with Gasteiger partial charge in [-0.2, -0.15) is 0 Å². The predicted molar refractivity (Wildman–Crippen MR) is 138 cm³/mol. The number of carbonyl (C=O) groups is 4. The lowest BCUT2D eigenvalue weighted by atomic mass is 10.00. The Labute approximate surface area is 218 Å². The molecule has 38 heavy (non-hydrogen) atoms. The molecule has 9 N–H and O–H groups in total. The number of nitrogens with two attached hydrogens (primary N) is 1. The van der Waals surface area contributed by atoms with Gasteiger partial charge in [-0.25, -0.2) is 9.78 Å². The zero-order chi connectivity index (χ0) is 27.8. The number of aromatic nitrogens is 3. The minimum Gasteiger partial charge on any atom is -0.480 e. The van der Waals surface area contributed by atoms with E-state index in [0.29, 0.717) is 5.69 Å². The molecule has 0 saturated carbocycles. The van der Waals surface area contributed by atoms with Crippen LogP contribution in [0.4, 0.5) is 0 Å². The van der Waals surface area contributed by atoms with Gasteiger partial charge >= 0.3 is 5.97 Å². The van der Waals surface area contributed by atoms with Crippen LogP contribution in [0.15, 0.2) is 43.0 Å². The van der Waals surface area contributed by atoms with E-state index in [-0.39, 0.29) is 18.8 Å². The number of carboxylic acid groups (broad SMARTS) is 1. The molecule has 4 unspecified atom stereocenters. The third-order valence-electron chi connectivity index (χ3n) is 6.11. The molecule has 2 heterocycles. The second-order valence-corrected chi connectivity index (χ2v) is 9.32. The molecule has 0 aliphatic heterocycles. The van der Waals surface area contributed by atoms with E-state index in [1.807, 2.05) is 24.3 Å². The first-order valence-corrected chi connectivity index (χ1v) is 12.1. The number of hydrogen-bond donors (Lipinski definition) is 8. The number of imidazole rings is 1. The van der Waals surface area contributed by atoms with Crippen molar-refractivity contribution in [2.75, 3.05) is 6.61 Å². The molecule has 4 atom stereocenters. The van der Waals surface area contributed by atoms with Gasteiger partial charge in [0, 0.05) is 35.4 Å². The third-order valence-corrected chi connectivity index (χ3v) is 6.11. The van der Waals surface area contributed by atoms with Gasteiger partial charge in [0.25, 0.3) is 0 Å². The maximum atomic E-state index is 13.2. The smallest absolute Gasteiger partial charge is 0.328 e. The van der Waals surface area contributed by atoms with Crippen molar-refractivity contribution in [1.82, 2.24) is 30.9 Å². The minimum absolute atomic E-state index is 0.0336. The number of nitrogens with zero attached hydrogens (tertiary/aromatic N) is 1. The average Bonchev–Trinajstić information content (AvgIpc) is 3.54. The van der Waals surface area contributed by atoms with E-state index in [9.17, 15) is 24.3 Å². The van der Waals surface area contributed by atoms with Crippen molar-refractivity contribution in [2.45, 2.75) is 50.9 Å². The molecule has 3 aromatic rings. The lowest BCUT2D eigenvalue weighted by Crippen LogP contribution is -2.59. The lowest BCUT2D eigenvalue weighted by Gasteiger charge is -2.26. The van der Waals surface area contributed by atoms with Crippen molar-refractivity contribution in [3.8, 4) is 0 Å². The largest absolute Gasteiger partial charge is 0.480 e. The fourth-order valence-corrected chi connectivity index (χ4v) is 3.97. The fourth-order valence-electron chi connectivity index (χ4n) is 3.97. The van der Waals surface area contributed by atoms with Crippen LogP contribution in [0.3, 0.4) is 0 Å². The van der Waals surface area contributed by atoms with Gasteiger partial charge in [-0.1, -0.05) is 32.0 Å². The van der Waals surface area contributed by atoms with E-state index in [1.165, 1.54) is 12.5 Å². The van der Waals surface area contributed by atoms with E-state index in [2.05, 4.69) is 30.9 Å². The minimum atomic E-state index is -1.55. The molecule has 0 fully saturated rings. The Hall–Kier alpha value is -4.23. The van der Waals surface area contributed by atoms with E-state index < -0.39 is 54.5 Å². The number of benzene rings is 1. The number of hydrogen-bond acceptors (Lipinski definition) is 7. The third kappa shape index (κ3) is 7.17. The van der Waals surface area contributed by atoms with Crippen molar-refractivity contribution in [3.63, 3.8) is 0 Å². The molecule has 13 heteroatoms. The molecule has 3 rings (SSSR count). The number of carbonyl (C=O) groups excluding carboxylic acids is 3. The summed E-state index contributed by atoms with van der Waals surface area (Å²) in [5.74, 6) is -3.80. The molecule has 0 aliphatic carbocycles. The number of amides is 3. The molecular weight excluding hydrogens is 494 g/mol. The maximum absolute atomic E-state index is 13.2. The van der Waals surface area contributed by atoms with Crippen LogP contribution in [-0.2, 0) is 32.0 Å². The SMILES string of the molecule is CC(C)C(NC(=O)C(N)Cc1c[nH]c2ccccc12)C(=O)NC(Cc1cnc[nH]1)C(=O)NC(CO)C(=O)O. The van der Waals surface area contributed by atoms with Crippen molar-refractivity contribution in [3.05, 3.63) is 54.2 Å². The monoisotopic (exact) mass is 527 g/mol. The predicted octanol–water partition coefficient (Wildman–Crippen LogP) is -0.809. The summed E-state index contributed by atoms with van der Waals surface area (Å²) in [4.78, 5) is 60.1. The zero-order valence-corrected chi connectivity index (χ0v) is 21.1. The molecule has 3 amide bonds. The molecule has 2 aromatic heterocycles. The lowest BCUT2D eigenvalue weighted by molar-refractivity contribution is -0.143. The quantitative estimate of drug-likeness (QED) is 0.140. The Morgan fingerprint density at radius 2 is 1.68 bits per heavy atom. The van der Waals surface area contributed by atoms with Crippen molar-refractivity contribution in [2.24, 2.45) is 11.7 Å². The number of para-hydroxylation sites is 1. The van der Waals surface area contributed by atoms with Gasteiger partial charge in [-0.3, -0.25) is 14.4 Å². The Bertz CT molecular complexity index is 1260. The molecule has 0 bridgehead atoms. The van der Waals surface area contributed by atoms with Gasteiger partial charge in [0.05, 0.1) is 19.0 Å². The summed E-state index contributed by atoms with van der Waals surface area (Å²) >= 11 is 0. The van der Waals surface area contributed by atoms with Crippen LogP contribution in [0.2, 0.25) is 0 Å². The summed E-state index contributed by atoms with van der Waals surface area (Å²) in [5, 5.41) is 26.8. The highest BCUT2D eigenvalue weighted by molar-refractivity contribution is 5.94. The zero-order valence-electron chi connectivity index (χ0n) is 21.1. The molecule has 13 nitrogen and oxygen atoms in total. The van der Waals surface area contributed by atoms with E-state index in [4.69, 9.17) is 10.8 Å². The van der Waals surface area contributed by atoms with Crippen LogP contribution in [0.5, 0.6) is 0 Å². The van der Waals surface area contributed by atoms with Crippen molar-refractivity contribution < 1.29 is 29.4 Å². The van der Waals surface area contributed by atoms with Gasteiger partial charge in [0.15, 0.2) is 0 Å². The number of aliphatic hydroxyl groups is 1. The summed E-state index contributed by atoms with van der Waals surface area (Å²) in [5.41, 5.74) is 8.46. The standard InChI is InChI=1S/C25H33N7O6/c1-13(2)21(32-22(34)17(26)7-14-9-28-18-6-4-3-5-16(14)18)24(36)30-19(8-15-10-27-12-29-15)23(35)31-20(11-33)25(37)38/h3-6,9-10,12-13,17,19-21,28,33H,7-8,11,26H2,1-2H3,(H,27,29)(H,30,36)(H,31,35)(H,32,34)(H,37,38). The number of rotatable bonds is 13. The highest BCUT2D eigenvalue weighted by Crippen LogP contribution is 2.19. The summed E-state index contributed by atoms with van der Waals surface area (Å²) in [7, 11) is 0. The van der Waals surface area contributed by atoms with Gasteiger partial charge in [-0.15, -0.1) is 0 Å². The molecule has 204 valence electrons. The van der Waals surface area contributed by atoms with Crippen molar-refractivity contribution >= 4 is 34.6 Å². The first-order valence-electron chi connectivity index (χ1n) is 12.1. The summed E-state index contributed by atoms with van der Waals surface area (Å²) in [6, 6.07) is 2.90. The summed E-state index contributed by atoms with van der Waals surface area (Å²) in [6.45, 7) is 2.63. The van der Waals surface area contributed by atoms with E-state index >= 15 is 0 Å². The number of carboxylic acids is 1. The molecule has 0 radical (unpaired) electrons. The van der Waals surface area contributed by atoms with Crippen LogP contribution in [-0.4, -0.2) is 79.6 Å². The van der Waals surface area contributed by atoms with E-state index in [1.54, 1.807) is 20.0 Å². The number of aromatic amines is 2. The summed E-state index contributed by atoms with van der Waals surface area (Å²) in [6.07, 6.45) is 4.85. The first-order chi connectivity index (χ1) is 18.1. The van der Waals surface area contributed by atoms with Gasteiger partial charge in [-0.05, 0) is 24.0 Å². The van der Waals surface area contributed by atoms with Crippen LogP contribution in [0.1, 0.15) is 25.1 Å². The molecule has 0 aliphatic rings. The average molecular weight is 528 g/mol. The van der Waals surface area contributed by atoms with Crippen LogP contribution < -0.4 is 21.7 Å². The molecular formula is C25H33N7O6. The number of H-pyrrole nitrogens is 2. The normalized spacial score (nSPS) is 14.4. The Morgan fingerprint density at radius 1 is 0.974 bits per heavy atom. The van der Waals surface area contributed by atoms with E-state index in [0.717, 1.165) is 16.5 Å². The van der Waals surface area contributed by atoms with Gasteiger partial charge in [0.1, 0.15) is 18.1 Å². The number of aliphatic carboxylic acids is 1. The maximum Gasteiger partial charge on any atom is 0.328 e.